The summed E-state index contributed by atoms with van der Waals surface area (Å²) in [6.07, 6.45) is 11.3. The third-order valence-corrected chi connectivity index (χ3v) is 10.1. The van der Waals surface area contributed by atoms with E-state index in [4.69, 9.17) is 18.0 Å². The Hall–Kier alpha value is -4.40. The lowest BCUT2D eigenvalue weighted by atomic mass is 9.92. The van der Waals surface area contributed by atoms with Gasteiger partial charge in [0.15, 0.2) is 0 Å². The van der Waals surface area contributed by atoms with Crippen LogP contribution in [0.15, 0.2) is 65.5 Å². The number of hydrogen-bond acceptors (Lipinski definition) is 7. The Morgan fingerprint density at radius 2 is 1.94 bits per heavy atom. The third kappa shape index (κ3) is 5.43. The van der Waals surface area contributed by atoms with Crippen LogP contribution in [0, 0.1) is 23.7 Å². The lowest BCUT2D eigenvalue weighted by molar-refractivity contribution is -0.206. The van der Waals surface area contributed by atoms with Crippen molar-refractivity contribution in [1.29, 1.82) is 0 Å². The fourth-order valence-electron chi connectivity index (χ4n) is 6.50. The van der Waals surface area contributed by atoms with Gasteiger partial charge in [0.25, 0.3) is 5.56 Å². The second kappa shape index (κ2) is 11.1. The van der Waals surface area contributed by atoms with Crippen LogP contribution in [0.3, 0.4) is 0 Å². The predicted molar refractivity (Wildman–Crippen MR) is 179 cm³/mol. The fourth-order valence-corrected chi connectivity index (χ4v) is 6.77. The summed E-state index contributed by atoms with van der Waals surface area (Å²) in [4.78, 5) is 17.6. The molecule has 2 aromatic heterocycles. The summed E-state index contributed by atoms with van der Waals surface area (Å²) in [7, 11) is 1.72. The number of halogens is 4. The molecule has 2 aliphatic carbocycles. The first kappa shape index (κ1) is 31.2. The monoisotopic (exact) mass is 661 g/mol. The minimum Gasteiger partial charge on any atom is -0.383 e. The molecule has 0 unspecified atom stereocenters. The van der Waals surface area contributed by atoms with Gasteiger partial charge in [-0.3, -0.25) is 14.8 Å². The van der Waals surface area contributed by atoms with Gasteiger partial charge in [-0.1, -0.05) is 29.7 Å². The molecule has 0 amide bonds. The first-order chi connectivity index (χ1) is 22.3. The van der Waals surface area contributed by atoms with E-state index in [0.717, 1.165) is 43.3 Å². The Kier molecular flexibility index (Phi) is 7.37. The summed E-state index contributed by atoms with van der Waals surface area (Å²) in [5.41, 5.74) is 8.06. The van der Waals surface area contributed by atoms with Crippen LogP contribution in [-0.2, 0) is 7.05 Å². The van der Waals surface area contributed by atoms with Gasteiger partial charge in [-0.2, -0.15) is 13.2 Å². The minimum atomic E-state index is -4.43. The SMILES string of the molecule is C#Cc1cnc2c(Cl)cc(N[C@H](C3=CN(C4(C5CC5)CC4)NN3)c3cccc4c(=O)n(C)ccc34)cc2c1NCC(C)(C)C(F)(F)F. The second-order valence-corrected chi connectivity index (χ2v) is 13.9. The van der Waals surface area contributed by atoms with E-state index >= 15 is 0 Å². The van der Waals surface area contributed by atoms with E-state index in [9.17, 15) is 18.0 Å². The van der Waals surface area contributed by atoms with Crippen molar-refractivity contribution in [3.05, 3.63) is 87.2 Å². The Labute approximate surface area is 275 Å². The molecule has 7 rings (SSSR count). The maximum atomic E-state index is 13.8. The maximum absolute atomic E-state index is 13.8. The molecule has 4 N–H and O–H groups in total. The number of hydrogen-bond donors (Lipinski definition) is 4. The molecule has 0 saturated heterocycles. The normalized spacial score (nSPS) is 18.1. The Balaban J connectivity index is 1.33. The zero-order chi connectivity index (χ0) is 33.3. The van der Waals surface area contributed by atoms with E-state index in [0.29, 0.717) is 44.2 Å². The Morgan fingerprint density at radius 3 is 2.62 bits per heavy atom. The van der Waals surface area contributed by atoms with Gasteiger partial charge >= 0.3 is 6.18 Å². The van der Waals surface area contributed by atoms with Gasteiger partial charge in [-0.25, -0.2) is 0 Å². The van der Waals surface area contributed by atoms with Crippen LogP contribution in [0.25, 0.3) is 21.7 Å². The molecule has 12 heteroatoms. The topological polar surface area (TPSA) is 86.2 Å². The van der Waals surface area contributed by atoms with Crippen molar-refractivity contribution in [3.8, 4) is 12.3 Å². The molecule has 1 atom stereocenters. The fraction of sp³-hybridized carbons (Fsp3) is 0.371. The highest BCUT2D eigenvalue weighted by molar-refractivity contribution is 6.35. The van der Waals surface area contributed by atoms with Crippen LogP contribution in [0.5, 0.6) is 0 Å². The van der Waals surface area contributed by atoms with Crippen molar-refractivity contribution in [2.45, 2.75) is 57.3 Å². The molecule has 2 fully saturated rings. The summed E-state index contributed by atoms with van der Waals surface area (Å²) >= 11 is 6.79. The summed E-state index contributed by atoms with van der Waals surface area (Å²) in [6.45, 7) is 1.86. The lowest BCUT2D eigenvalue weighted by Crippen LogP contribution is -2.46. The van der Waals surface area contributed by atoms with E-state index in [1.54, 1.807) is 29.9 Å². The molecule has 244 valence electrons. The standard InChI is InChI=1S/C35H35ClF3N7O/c1-5-20-17-40-30-26(29(20)41-19-33(2,3)35(37,38)39)15-22(16-27(30)36)42-31(24-7-6-8-25-23(24)11-14-45(4)32(25)47)28-18-46(44-43-28)34(12-13-34)21-9-10-21/h1,6-8,11,14-18,21,31,42-44H,9-10,12-13,19H2,2-4H3,(H,40,41)/t31-/m0/s1. The zero-order valence-corrected chi connectivity index (χ0v) is 27.0. The van der Waals surface area contributed by atoms with Crippen molar-refractivity contribution in [3.63, 3.8) is 0 Å². The molecular formula is C35H35ClF3N7O. The van der Waals surface area contributed by atoms with Gasteiger partial charge in [0.05, 0.1) is 44.5 Å². The molecule has 1 aliphatic heterocycles. The van der Waals surface area contributed by atoms with Crippen molar-refractivity contribution in [2.75, 3.05) is 17.2 Å². The van der Waals surface area contributed by atoms with Crippen LogP contribution >= 0.6 is 11.6 Å². The van der Waals surface area contributed by atoms with Crippen LogP contribution in [0.4, 0.5) is 24.5 Å². The third-order valence-electron chi connectivity index (χ3n) is 9.81. The molecule has 0 radical (unpaired) electrons. The van der Waals surface area contributed by atoms with Gasteiger partial charge in [0, 0.05) is 48.6 Å². The van der Waals surface area contributed by atoms with Crippen molar-refractivity contribution in [1.82, 2.24) is 25.5 Å². The Bertz CT molecular complexity index is 2040. The van der Waals surface area contributed by atoms with Gasteiger partial charge in [0.1, 0.15) is 0 Å². The molecule has 8 nitrogen and oxygen atoms in total. The van der Waals surface area contributed by atoms with E-state index in [1.807, 2.05) is 24.3 Å². The average Bonchev–Trinajstić information content (AvgIpc) is 3.97. The number of anilines is 2. The van der Waals surface area contributed by atoms with Crippen molar-refractivity contribution < 1.29 is 13.2 Å². The van der Waals surface area contributed by atoms with E-state index in [1.165, 1.54) is 19.0 Å². The van der Waals surface area contributed by atoms with Gasteiger partial charge < -0.3 is 20.6 Å². The molecular weight excluding hydrogens is 627 g/mol. The molecule has 2 saturated carbocycles. The van der Waals surface area contributed by atoms with E-state index in [-0.39, 0.29) is 11.1 Å². The van der Waals surface area contributed by atoms with Gasteiger partial charge in [-0.05, 0) is 80.7 Å². The predicted octanol–water partition coefficient (Wildman–Crippen LogP) is 6.98. The highest BCUT2D eigenvalue weighted by Crippen LogP contribution is 2.57. The van der Waals surface area contributed by atoms with E-state index in [2.05, 4.69) is 43.7 Å². The average molecular weight is 662 g/mol. The first-order valence-electron chi connectivity index (χ1n) is 15.6. The smallest absolute Gasteiger partial charge is 0.383 e. The highest BCUT2D eigenvalue weighted by atomic mass is 35.5. The molecule has 3 aliphatic rings. The summed E-state index contributed by atoms with van der Waals surface area (Å²) in [5, 5.41) is 10.9. The van der Waals surface area contributed by atoms with Crippen LogP contribution in [-0.4, -0.2) is 32.8 Å². The van der Waals surface area contributed by atoms with Gasteiger partial charge in [0.2, 0.25) is 0 Å². The summed E-state index contributed by atoms with van der Waals surface area (Å²) in [5.74, 6) is 3.20. The number of terminal acetylenes is 1. The van der Waals surface area contributed by atoms with Crippen molar-refractivity contribution in [2.24, 2.45) is 18.4 Å². The molecule has 0 spiro atoms. The number of aromatic nitrogens is 2. The maximum Gasteiger partial charge on any atom is 0.395 e. The lowest BCUT2D eigenvalue weighted by Gasteiger charge is -2.29. The molecule has 47 heavy (non-hydrogen) atoms. The number of aryl methyl sites for hydroxylation is 1. The summed E-state index contributed by atoms with van der Waals surface area (Å²) in [6, 6.07) is 10.6. The quantitative estimate of drug-likeness (QED) is 0.144. The molecule has 4 aromatic rings. The number of nitrogens with one attached hydrogen (secondary N) is 4. The number of hydrazine groups is 2. The van der Waals surface area contributed by atoms with Crippen LogP contribution in [0.2, 0.25) is 5.02 Å². The second-order valence-electron chi connectivity index (χ2n) is 13.5. The van der Waals surface area contributed by atoms with Crippen LogP contribution < -0.4 is 27.2 Å². The molecule has 2 aromatic carbocycles. The zero-order valence-electron chi connectivity index (χ0n) is 26.2. The number of alkyl halides is 3. The Morgan fingerprint density at radius 1 is 1.17 bits per heavy atom. The number of fused-ring (bicyclic) bond motifs is 2. The molecule has 3 heterocycles. The van der Waals surface area contributed by atoms with Crippen molar-refractivity contribution >= 4 is 44.7 Å². The highest BCUT2D eigenvalue weighted by Gasteiger charge is 2.58. The molecule has 0 bridgehead atoms. The largest absolute Gasteiger partial charge is 0.395 e. The number of benzene rings is 2. The van der Waals surface area contributed by atoms with Crippen LogP contribution in [0.1, 0.15) is 56.7 Å². The first-order valence-corrected chi connectivity index (χ1v) is 16.0. The number of nitrogens with zero attached hydrogens (tertiary/aromatic N) is 3. The number of pyridine rings is 2. The van der Waals surface area contributed by atoms with E-state index < -0.39 is 24.2 Å². The number of rotatable bonds is 9. The van der Waals surface area contributed by atoms with Gasteiger partial charge in [-0.15, -0.1) is 12.0 Å². The summed E-state index contributed by atoms with van der Waals surface area (Å²) < 4.78 is 42.8. The minimum absolute atomic E-state index is 0.0995.